The van der Waals surface area contributed by atoms with Gasteiger partial charge in [-0.25, -0.2) is 0 Å². The van der Waals surface area contributed by atoms with Crippen LogP contribution in [0.1, 0.15) is 27.9 Å². The van der Waals surface area contributed by atoms with E-state index in [2.05, 4.69) is 17.5 Å². The summed E-state index contributed by atoms with van der Waals surface area (Å²) in [6, 6.07) is 19.7. The van der Waals surface area contributed by atoms with E-state index in [-0.39, 0.29) is 11.7 Å². The number of carbonyl (C=O) groups excluding carboxylic acids is 1. The summed E-state index contributed by atoms with van der Waals surface area (Å²) in [7, 11) is 0. The van der Waals surface area contributed by atoms with Gasteiger partial charge in [0.2, 0.25) is 0 Å². The van der Waals surface area contributed by atoms with Gasteiger partial charge in [-0.05, 0) is 52.8 Å². The molecule has 0 atom stereocenters. The molecule has 0 radical (unpaired) electrons. The first-order valence-corrected chi connectivity index (χ1v) is 10.1. The molecule has 0 fully saturated rings. The van der Waals surface area contributed by atoms with E-state index in [0.717, 1.165) is 28.7 Å². The Balaban J connectivity index is 1.46. The molecule has 1 amide bonds. The highest BCUT2D eigenvalue weighted by Gasteiger charge is 2.19. The molecule has 0 bridgehead atoms. The molecular weight excluding hydrogens is 366 g/mol. The van der Waals surface area contributed by atoms with Crippen LogP contribution in [0, 0.1) is 5.41 Å². The zero-order valence-corrected chi connectivity index (χ0v) is 16.2. The van der Waals surface area contributed by atoms with Gasteiger partial charge in [-0.3, -0.25) is 10.2 Å². The van der Waals surface area contributed by atoms with Crippen molar-refractivity contribution in [3.05, 3.63) is 88.8 Å². The van der Waals surface area contributed by atoms with E-state index in [1.807, 2.05) is 59.5 Å². The van der Waals surface area contributed by atoms with Crippen molar-refractivity contribution in [2.24, 2.45) is 5.73 Å². The van der Waals surface area contributed by atoms with E-state index in [4.69, 9.17) is 11.1 Å². The van der Waals surface area contributed by atoms with Gasteiger partial charge in [0.1, 0.15) is 5.84 Å². The Morgan fingerprint density at radius 3 is 2.46 bits per heavy atom. The van der Waals surface area contributed by atoms with Crippen LogP contribution in [0.3, 0.4) is 0 Å². The summed E-state index contributed by atoms with van der Waals surface area (Å²) in [6.07, 6.45) is 2.89. The standard InChI is InChI=1S/C23H21N3OS/c24-22(25)20-4-1-3-19(15-20)16-10-12-26(13-11-16)23(27)18-8-6-17(7-9-18)21-5-2-14-28-21/h1-10,14-15H,11-13H2,(H3,24,25). The molecule has 4 rings (SSSR count). The second-order valence-electron chi connectivity index (χ2n) is 6.78. The van der Waals surface area contributed by atoms with Crippen molar-refractivity contribution in [1.82, 2.24) is 4.90 Å². The molecule has 1 aromatic heterocycles. The average Bonchev–Trinajstić information content (AvgIpc) is 3.28. The number of nitrogen functional groups attached to an aromatic ring is 1. The van der Waals surface area contributed by atoms with Crippen LogP contribution in [-0.4, -0.2) is 29.7 Å². The van der Waals surface area contributed by atoms with Crippen molar-refractivity contribution in [1.29, 1.82) is 5.41 Å². The van der Waals surface area contributed by atoms with E-state index >= 15 is 0 Å². The van der Waals surface area contributed by atoms with E-state index in [9.17, 15) is 4.79 Å². The number of carbonyl (C=O) groups is 1. The smallest absolute Gasteiger partial charge is 0.254 e. The van der Waals surface area contributed by atoms with Gasteiger partial charge in [0.05, 0.1) is 0 Å². The third-order valence-corrected chi connectivity index (χ3v) is 5.90. The van der Waals surface area contributed by atoms with Crippen LogP contribution in [0.25, 0.3) is 16.0 Å². The fourth-order valence-corrected chi connectivity index (χ4v) is 4.14. The second kappa shape index (κ2) is 7.82. The van der Waals surface area contributed by atoms with Crippen LogP contribution < -0.4 is 5.73 Å². The topological polar surface area (TPSA) is 70.2 Å². The number of nitrogens with zero attached hydrogens (tertiary/aromatic N) is 1. The van der Waals surface area contributed by atoms with Gasteiger partial charge in [0.15, 0.2) is 0 Å². The minimum Gasteiger partial charge on any atom is -0.384 e. The normalized spacial score (nSPS) is 13.9. The molecule has 0 saturated carbocycles. The summed E-state index contributed by atoms with van der Waals surface area (Å²) in [5.41, 5.74) is 10.4. The Morgan fingerprint density at radius 2 is 1.82 bits per heavy atom. The Morgan fingerprint density at radius 1 is 1.00 bits per heavy atom. The highest BCUT2D eigenvalue weighted by molar-refractivity contribution is 7.13. The van der Waals surface area contributed by atoms with Gasteiger partial charge >= 0.3 is 0 Å². The molecule has 28 heavy (non-hydrogen) atoms. The fraction of sp³-hybridized carbons (Fsp3) is 0.130. The molecule has 3 N–H and O–H groups in total. The number of thiophene rings is 1. The number of hydrogen-bond acceptors (Lipinski definition) is 3. The number of hydrogen-bond donors (Lipinski definition) is 2. The van der Waals surface area contributed by atoms with Crippen molar-refractivity contribution in [2.75, 3.05) is 13.1 Å². The summed E-state index contributed by atoms with van der Waals surface area (Å²) in [5, 5.41) is 9.65. The van der Waals surface area contributed by atoms with Crippen molar-refractivity contribution in [3.63, 3.8) is 0 Å². The molecular formula is C23H21N3OS. The Hall–Kier alpha value is -3.18. The average molecular weight is 388 g/mol. The predicted octanol–water partition coefficient (Wildman–Crippen LogP) is 4.63. The quantitative estimate of drug-likeness (QED) is 0.506. The Labute approximate surface area is 168 Å². The molecule has 0 saturated heterocycles. The van der Waals surface area contributed by atoms with Gasteiger partial charge in [-0.2, -0.15) is 0 Å². The molecule has 4 nitrogen and oxygen atoms in total. The van der Waals surface area contributed by atoms with Crippen molar-refractivity contribution in [2.45, 2.75) is 6.42 Å². The minimum absolute atomic E-state index is 0.0607. The zero-order valence-electron chi connectivity index (χ0n) is 15.4. The molecule has 5 heteroatoms. The van der Waals surface area contributed by atoms with Crippen LogP contribution >= 0.6 is 11.3 Å². The van der Waals surface area contributed by atoms with Gasteiger partial charge in [-0.1, -0.05) is 42.5 Å². The van der Waals surface area contributed by atoms with Crippen LogP contribution in [0.2, 0.25) is 0 Å². The van der Waals surface area contributed by atoms with Crippen molar-refractivity contribution >= 4 is 28.7 Å². The molecule has 3 aromatic rings. The first-order chi connectivity index (χ1) is 13.6. The highest BCUT2D eigenvalue weighted by Crippen LogP contribution is 2.26. The largest absolute Gasteiger partial charge is 0.384 e. The minimum atomic E-state index is 0.0607. The Bertz CT molecular complexity index is 1040. The predicted molar refractivity (Wildman–Crippen MR) is 116 cm³/mol. The molecule has 0 unspecified atom stereocenters. The first kappa shape index (κ1) is 18.2. The number of amidine groups is 1. The number of nitrogens with two attached hydrogens (primary N) is 1. The number of benzene rings is 2. The maximum Gasteiger partial charge on any atom is 0.254 e. The van der Waals surface area contributed by atoms with Gasteiger partial charge < -0.3 is 10.6 Å². The Kier molecular flexibility index (Phi) is 5.08. The van der Waals surface area contributed by atoms with Gasteiger partial charge in [0, 0.05) is 29.1 Å². The van der Waals surface area contributed by atoms with Crippen LogP contribution in [0.4, 0.5) is 0 Å². The molecule has 0 spiro atoms. The molecule has 2 heterocycles. The first-order valence-electron chi connectivity index (χ1n) is 9.19. The van der Waals surface area contributed by atoms with Gasteiger partial charge in [0.25, 0.3) is 5.91 Å². The van der Waals surface area contributed by atoms with E-state index < -0.39 is 0 Å². The van der Waals surface area contributed by atoms with Crippen LogP contribution in [0.5, 0.6) is 0 Å². The van der Waals surface area contributed by atoms with Crippen molar-refractivity contribution < 1.29 is 4.79 Å². The maximum absolute atomic E-state index is 12.8. The number of rotatable bonds is 4. The number of amides is 1. The molecule has 1 aliphatic rings. The summed E-state index contributed by atoms with van der Waals surface area (Å²) >= 11 is 1.69. The highest BCUT2D eigenvalue weighted by atomic mass is 32.1. The fourth-order valence-electron chi connectivity index (χ4n) is 3.40. The summed E-state index contributed by atoms with van der Waals surface area (Å²) in [4.78, 5) is 15.9. The molecule has 0 aliphatic carbocycles. The second-order valence-corrected chi connectivity index (χ2v) is 7.73. The van der Waals surface area contributed by atoms with Crippen LogP contribution in [0.15, 0.2) is 72.1 Å². The van der Waals surface area contributed by atoms with E-state index in [1.165, 1.54) is 10.5 Å². The summed E-state index contributed by atoms with van der Waals surface area (Å²) < 4.78 is 0. The summed E-state index contributed by atoms with van der Waals surface area (Å²) in [6.45, 7) is 1.27. The third-order valence-electron chi connectivity index (χ3n) is 4.98. The molecule has 140 valence electrons. The lowest BCUT2D eigenvalue weighted by molar-refractivity contribution is 0.0773. The molecule has 1 aliphatic heterocycles. The molecule has 2 aromatic carbocycles. The van der Waals surface area contributed by atoms with E-state index in [0.29, 0.717) is 13.1 Å². The lowest BCUT2D eigenvalue weighted by Crippen LogP contribution is -2.34. The van der Waals surface area contributed by atoms with Crippen molar-refractivity contribution in [3.8, 4) is 10.4 Å². The van der Waals surface area contributed by atoms with Crippen LogP contribution in [-0.2, 0) is 0 Å². The maximum atomic E-state index is 12.8. The monoisotopic (exact) mass is 387 g/mol. The third kappa shape index (κ3) is 3.75. The summed E-state index contributed by atoms with van der Waals surface area (Å²) in [5.74, 6) is 0.131. The SMILES string of the molecule is N=C(N)c1cccc(C2=CCN(C(=O)c3ccc(-c4cccs4)cc3)CC2)c1. The van der Waals surface area contributed by atoms with Gasteiger partial charge in [-0.15, -0.1) is 11.3 Å². The number of nitrogens with one attached hydrogen (secondary N) is 1. The zero-order chi connectivity index (χ0) is 19.5. The lowest BCUT2D eigenvalue weighted by Gasteiger charge is -2.27. The lowest BCUT2D eigenvalue weighted by atomic mass is 9.97. The van der Waals surface area contributed by atoms with E-state index in [1.54, 1.807) is 11.3 Å².